The summed E-state index contributed by atoms with van der Waals surface area (Å²) in [4.78, 5) is 11.7. The largest absolute Gasteiger partial charge is 0.506 e. The lowest BCUT2D eigenvalue weighted by atomic mass is 10.1. The number of nitrogens with zero attached hydrogens (tertiary/aromatic N) is 1. The lowest BCUT2D eigenvalue weighted by molar-refractivity contribution is -0.120. The molecule has 0 aliphatic carbocycles. The molecule has 114 valence electrons. The third-order valence-electron chi connectivity index (χ3n) is 2.73. The Kier molecular flexibility index (Phi) is 5.51. The van der Waals surface area contributed by atoms with Gasteiger partial charge in [-0.3, -0.25) is 4.79 Å². The van der Waals surface area contributed by atoms with E-state index >= 15 is 0 Å². The number of nitrogens with one attached hydrogen (secondary N) is 1. The molecule has 22 heavy (non-hydrogen) atoms. The van der Waals surface area contributed by atoms with Crippen LogP contribution < -0.4 is 5.43 Å². The van der Waals surface area contributed by atoms with E-state index in [1.54, 1.807) is 6.07 Å². The van der Waals surface area contributed by atoms with Crippen LogP contribution in [-0.4, -0.2) is 17.2 Å². The Hall–Kier alpha value is -1.92. The SMILES string of the molecule is O=C(Cc1ccc(F)cc1)N/N=C/c1cc(Cl)cc(Br)c1O. The molecule has 0 radical (unpaired) electrons. The molecule has 1 amide bonds. The van der Waals surface area contributed by atoms with Crippen LogP contribution in [0.2, 0.25) is 5.02 Å². The first-order valence-corrected chi connectivity index (χ1v) is 7.37. The van der Waals surface area contributed by atoms with Crippen molar-refractivity contribution in [1.82, 2.24) is 5.43 Å². The number of carbonyl (C=O) groups excluding carboxylic acids is 1. The van der Waals surface area contributed by atoms with Crippen LogP contribution >= 0.6 is 27.5 Å². The van der Waals surface area contributed by atoms with Crippen LogP contribution in [0.15, 0.2) is 46.0 Å². The third-order valence-corrected chi connectivity index (χ3v) is 3.55. The maximum absolute atomic E-state index is 12.8. The van der Waals surface area contributed by atoms with E-state index < -0.39 is 0 Å². The lowest BCUT2D eigenvalue weighted by Crippen LogP contribution is -2.19. The summed E-state index contributed by atoms with van der Waals surface area (Å²) in [7, 11) is 0. The molecule has 0 unspecified atom stereocenters. The van der Waals surface area contributed by atoms with Gasteiger partial charge in [0.05, 0.1) is 17.1 Å². The van der Waals surface area contributed by atoms with Crippen LogP contribution in [-0.2, 0) is 11.2 Å². The maximum atomic E-state index is 12.8. The van der Waals surface area contributed by atoms with E-state index in [4.69, 9.17) is 11.6 Å². The topological polar surface area (TPSA) is 61.7 Å². The zero-order valence-electron chi connectivity index (χ0n) is 11.2. The van der Waals surface area contributed by atoms with Crippen LogP contribution in [0.4, 0.5) is 4.39 Å². The number of carbonyl (C=O) groups is 1. The molecule has 0 saturated heterocycles. The number of hydrogen-bond acceptors (Lipinski definition) is 3. The monoisotopic (exact) mass is 384 g/mol. The predicted octanol–water partition coefficient (Wildman–Crippen LogP) is 3.64. The predicted molar refractivity (Wildman–Crippen MR) is 86.7 cm³/mol. The van der Waals surface area contributed by atoms with Crippen molar-refractivity contribution in [3.63, 3.8) is 0 Å². The first-order chi connectivity index (χ1) is 10.5. The second-order valence-electron chi connectivity index (χ2n) is 4.42. The Bertz CT molecular complexity index is 720. The molecule has 2 aromatic rings. The van der Waals surface area contributed by atoms with Crippen molar-refractivity contribution in [2.24, 2.45) is 5.10 Å². The van der Waals surface area contributed by atoms with E-state index in [-0.39, 0.29) is 23.9 Å². The minimum absolute atomic E-state index is 0.0269. The number of phenols is 1. The molecule has 4 nitrogen and oxygen atoms in total. The maximum Gasteiger partial charge on any atom is 0.244 e. The number of halogens is 3. The molecule has 0 saturated carbocycles. The van der Waals surface area contributed by atoms with Crippen LogP contribution in [0.25, 0.3) is 0 Å². The molecule has 2 rings (SSSR count). The molecule has 0 spiro atoms. The summed E-state index contributed by atoms with van der Waals surface area (Å²) >= 11 is 9.02. The zero-order valence-corrected chi connectivity index (χ0v) is 13.5. The second kappa shape index (κ2) is 7.38. The fourth-order valence-electron chi connectivity index (χ4n) is 1.69. The van der Waals surface area contributed by atoms with E-state index in [2.05, 4.69) is 26.5 Å². The molecular weight excluding hydrogens is 375 g/mol. The van der Waals surface area contributed by atoms with Gasteiger partial charge in [-0.25, -0.2) is 9.82 Å². The van der Waals surface area contributed by atoms with Gasteiger partial charge in [-0.1, -0.05) is 23.7 Å². The van der Waals surface area contributed by atoms with Gasteiger partial charge in [0.2, 0.25) is 5.91 Å². The van der Waals surface area contributed by atoms with Gasteiger partial charge >= 0.3 is 0 Å². The van der Waals surface area contributed by atoms with Gasteiger partial charge in [0.1, 0.15) is 11.6 Å². The van der Waals surface area contributed by atoms with Crippen molar-refractivity contribution >= 4 is 39.7 Å². The highest BCUT2D eigenvalue weighted by atomic mass is 79.9. The van der Waals surface area contributed by atoms with Crippen molar-refractivity contribution in [3.8, 4) is 5.75 Å². The Morgan fingerprint density at radius 3 is 2.73 bits per heavy atom. The van der Waals surface area contributed by atoms with E-state index in [1.165, 1.54) is 36.5 Å². The normalized spacial score (nSPS) is 10.9. The number of hydrazone groups is 1. The molecule has 2 aromatic carbocycles. The van der Waals surface area contributed by atoms with Crippen molar-refractivity contribution in [1.29, 1.82) is 0 Å². The first-order valence-electron chi connectivity index (χ1n) is 6.20. The molecule has 0 fully saturated rings. The van der Waals surface area contributed by atoms with Crippen LogP contribution in [0.3, 0.4) is 0 Å². The minimum Gasteiger partial charge on any atom is -0.506 e. The quantitative estimate of drug-likeness (QED) is 0.623. The van der Waals surface area contributed by atoms with Crippen molar-refractivity contribution in [3.05, 3.63) is 62.8 Å². The molecule has 0 aliphatic heterocycles. The smallest absolute Gasteiger partial charge is 0.244 e. The summed E-state index contributed by atoms with van der Waals surface area (Å²) < 4.78 is 13.2. The van der Waals surface area contributed by atoms with Crippen LogP contribution in [0.5, 0.6) is 5.75 Å². The number of hydrogen-bond donors (Lipinski definition) is 2. The summed E-state index contributed by atoms with van der Waals surface area (Å²) in [5, 5.41) is 14.0. The highest BCUT2D eigenvalue weighted by Crippen LogP contribution is 2.30. The average molecular weight is 386 g/mol. The molecule has 7 heteroatoms. The van der Waals surface area contributed by atoms with Crippen molar-refractivity contribution in [2.45, 2.75) is 6.42 Å². The Labute approximate surface area is 139 Å². The summed E-state index contributed by atoms with van der Waals surface area (Å²) in [5.41, 5.74) is 3.36. The number of benzene rings is 2. The Morgan fingerprint density at radius 1 is 1.36 bits per heavy atom. The summed E-state index contributed by atoms with van der Waals surface area (Å²) in [6.45, 7) is 0. The highest BCUT2D eigenvalue weighted by Gasteiger charge is 2.06. The number of aromatic hydroxyl groups is 1. The number of rotatable bonds is 4. The van der Waals surface area contributed by atoms with Crippen molar-refractivity contribution in [2.75, 3.05) is 0 Å². The third kappa shape index (κ3) is 4.54. The van der Waals surface area contributed by atoms with Gasteiger partial charge in [0.25, 0.3) is 0 Å². The highest BCUT2D eigenvalue weighted by molar-refractivity contribution is 9.10. The van der Waals surface area contributed by atoms with Gasteiger partial charge < -0.3 is 5.11 Å². The van der Waals surface area contributed by atoms with E-state index in [0.717, 1.165) is 0 Å². The second-order valence-corrected chi connectivity index (χ2v) is 5.71. The summed E-state index contributed by atoms with van der Waals surface area (Å²) in [6, 6.07) is 8.68. The van der Waals surface area contributed by atoms with Gasteiger partial charge in [0.15, 0.2) is 0 Å². The number of phenolic OH excluding ortho intramolecular Hbond substituents is 1. The van der Waals surface area contributed by atoms with Crippen LogP contribution in [0, 0.1) is 5.82 Å². The summed E-state index contributed by atoms with van der Waals surface area (Å²) in [6.07, 6.45) is 1.36. The van der Waals surface area contributed by atoms with Gasteiger partial charge in [-0.2, -0.15) is 5.10 Å². The van der Waals surface area contributed by atoms with E-state index in [9.17, 15) is 14.3 Å². The number of amides is 1. The van der Waals surface area contributed by atoms with Crippen molar-refractivity contribution < 1.29 is 14.3 Å². The summed E-state index contributed by atoms with van der Waals surface area (Å²) in [5.74, 6) is -0.742. The Balaban J connectivity index is 1.97. The zero-order chi connectivity index (χ0) is 16.1. The standard InChI is InChI=1S/C15H11BrClFN2O2/c16-13-7-11(17)6-10(15(13)22)8-19-20-14(21)5-9-1-3-12(18)4-2-9/h1-4,6-8,22H,5H2,(H,20,21)/b19-8+. The van der Waals surface area contributed by atoms with Gasteiger partial charge in [-0.05, 0) is 45.8 Å². The molecule has 0 bridgehead atoms. The molecule has 2 N–H and O–H groups in total. The molecule has 0 atom stereocenters. The molecule has 0 heterocycles. The van der Waals surface area contributed by atoms with Gasteiger partial charge in [-0.15, -0.1) is 0 Å². The van der Waals surface area contributed by atoms with E-state index in [0.29, 0.717) is 20.6 Å². The molecule has 0 aliphatic rings. The first kappa shape index (κ1) is 16.5. The van der Waals surface area contributed by atoms with Gasteiger partial charge in [0, 0.05) is 10.6 Å². The van der Waals surface area contributed by atoms with Crippen LogP contribution in [0.1, 0.15) is 11.1 Å². The molecule has 0 aromatic heterocycles. The fraction of sp³-hybridized carbons (Fsp3) is 0.0667. The minimum atomic E-state index is -0.358. The Morgan fingerprint density at radius 2 is 2.05 bits per heavy atom. The molecular formula is C15H11BrClFN2O2. The fourth-order valence-corrected chi connectivity index (χ4v) is 2.52. The van der Waals surface area contributed by atoms with E-state index in [1.807, 2.05) is 0 Å². The average Bonchev–Trinajstić information content (AvgIpc) is 2.46. The lowest BCUT2D eigenvalue weighted by Gasteiger charge is -2.03.